The van der Waals surface area contributed by atoms with E-state index >= 15 is 0 Å². The molecule has 0 amide bonds. The molecule has 2 unspecified atom stereocenters. The van der Waals surface area contributed by atoms with Crippen molar-refractivity contribution >= 4 is 0 Å². The van der Waals surface area contributed by atoms with Gasteiger partial charge in [0, 0.05) is 19.1 Å². The molecule has 0 aromatic heterocycles. The first-order valence-corrected chi connectivity index (χ1v) is 6.90. The van der Waals surface area contributed by atoms with Crippen LogP contribution in [0, 0.1) is 0 Å². The lowest BCUT2D eigenvalue weighted by Gasteiger charge is -2.28. The topological polar surface area (TPSA) is 55.7 Å². The van der Waals surface area contributed by atoms with E-state index in [4.69, 9.17) is 0 Å². The van der Waals surface area contributed by atoms with Gasteiger partial charge in [-0.15, -0.1) is 0 Å². The average molecular weight is 244 g/mol. The number of aliphatic hydroxyl groups is 2. The molecule has 0 aromatic rings. The van der Waals surface area contributed by atoms with Gasteiger partial charge in [0.25, 0.3) is 0 Å². The summed E-state index contributed by atoms with van der Waals surface area (Å²) in [7, 11) is 0. The van der Waals surface area contributed by atoms with E-state index in [1.807, 2.05) is 0 Å². The van der Waals surface area contributed by atoms with Gasteiger partial charge in [-0.1, -0.05) is 6.42 Å². The molecule has 102 valence electrons. The van der Waals surface area contributed by atoms with Crippen molar-refractivity contribution in [2.75, 3.05) is 26.2 Å². The summed E-state index contributed by atoms with van der Waals surface area (Å²) in [6, 6.07) is 0.747. The van der Waals surface area contributed by atoms with Gasteiger partial charge in [0.1, 0.15) is 0 Å². The van der Waals surface area contributed by atoms with Crippen LogP contribution >= 0.6 is 0 Å². The number of nitrogens with zero attached hydrogens (tertiary/aromatic N) is 1. The zero-order valence-electron chi connectivity index (χ0n) is 11.2. The van der Waals surface area contributed by atoms with E-state index in [9.17, 15) is 10.2 Å². The van der Waals surface area contributed by atoms with E-state index in [1.54, 1.807) is 13.8 Å². The van der Waals surface area contributed by atoms with Crippen molar-refractivity contribution in [3.8, 4) is 0 Å². The van der Waals surface area contributed by atoms with Crippen LogP contribution in [0.25, 0.3) is 0 Å². The van der Waals surface area contributed by atoms with Gasteiger partial charge in [0.05, 0.1) is 12.2 Å². The van der Waals surface area contributed by atoms with Gasteiger partial charge in [-0.3, -0.25) is 4.90 Å². The lowest BCUT2D eigenvalue weighted by molar-refractivity contribution is 0.0826. The molecule has 1 fully saturated rings. The third-order valence-corrected chi connectivity index (χ3v) is 3.23. The number of hydrogen-bond acceptors (Lipinski definition) is 4. The van der Waals surface area contributed by atoms with Crippen LogP contribution in [0.15, 0.2) is 0 Å². The minimum Gasteiger partial charge on any atom is -0.392 e. The first-order chi connectivity index (χ1) is 8.08. The first-order valence-electron chi connectivity index (χ1n) is 6.90. The molecule has 0 spiro atoms. The third kappa shape index (κ3) is 6.99. The van der Waals surface area contributed by atoms with Crippen molar-refractivity contribution in [2.45, 2.75) is 57.8 Å². The Morgan fingerprint density at radius 1 is 1.18 bits per heavy atom. The fourth-order valence-corrected chi connectivity index (χ4v) is 2.23. The van der Waals surface area contributed by atoms with Gasteiger partial charge in [0.15, 0.2) is 0 Å². The molecule has 4 heteroatoms. The molecular weight excluding hydrogens is 216 g/mol. The minimum absolute atomic E-state index is 0.326. The van der Waals surface area contributed by atoms with Crippen LogP contribution in [0.2, 0.25) is 0 Å². The molecule has 17 heavy (non-hydrogen) atoms. The Balaban J connectivity index is 2.08. The monoisotopic (exact) mass is 244 g/mol. The summed E-state index contributed by atoms with van der Waals surface area (Å²) < 4.78 is 0. The maximum atomic E-state index is 9.39. The van der Waals surface area contributed by atoms with Gasteiger partial charge >= 0.3 is 0 Å². The van der Waals surface area contributed by atoms with E-state index in [2.05, 4.69) is 10.2 Å². The molecule has 1 aliphatic carbocycles. The van der Waals surface area contributed by atoms with Gasteiger partial charge in [0.2, 0.25) is 0 Å². The van der Waals surface area contributed by atoms with Gasteiger partial charge in [-0.2, -0.15) is 0 Å². The first kappa shape index (κ1) is 14.9. The lowest BCUT2D eigenvalue weighted by Crippen LogP contribution is -2.40. The van der Waals surface area contributed by atoms with Crippen LogP contribution in [-0.4, -0.2) is 59.5 Å². The van der Waals surface area contributed by atoms with Crippen molar-refractivity contribution in [1.82, 2.24) is 10.2 Å². The molecule has 0 aliphatic heterocycles. The van der Waals surface area contributed by atoms with Crippen LogP contribution in [0.4, 0.5) is 0 Å². The largest absolute Gasteiger partial charge is 0.392 e. The second-order valence-electron chi connectivity index (χ2n) is 5.39. The molecule has 0 aromatic carbocycles. The molecule has 3 N–H and O–H groups in total. The second kappa shape index (κ2) is 8.03. The fraction of sp³-hybridized carbons (Fsp3) is 1.00. The predicted octanol–water partition coefficient (Wildman–Crippen LogP) is 0.582. The lowest BCUT2D eigenvalue weighted by atomic mass is 9.93. The summed E-state index contributed by atoms with van der Waals surface area (Å²) in [5.74, 6) is 0. The highest BCUT2D eigenvalue weighted by Gasteiger charge is 2.16. The highest BCUT2D eigenvalue weighted by atomic mass is 16.3. The molecule has 0 bridgehead atoms. The zero-order valence-corrected chi connectivity index (χ0v) is 11.2. The van der Waals surface area contributed by atoms with Gasteiger partial charge in [-0.05, 0) is 46.2 Å². The van der Waals surface area contributed by atoms with Crippen LogP contribution in [0.1, 0.15) is 39.5 Å². The van der Waals surface area contributed by atoms with Crippen molar-refractivity contribution in [3.63, 3.8) is 0 Å². The van der Waals surface area contributed by atoms with Crippen molar-refractivity contribution in [3.05, 3.63) is 0 Å². The Hall–Kier alpha value is -0.160. The van der Waals surface area contributed by atoms with E-state index in [0.29, 0.717) is 13.1 Å². The average Bonchev–Trinajstić information content (AvgIpc) is 2.12. The van der Waals surface area contributed by atoms with Crippen LogP contribution in [0.5, 0.6) is 0 Å². The summed E-state index contributed by atoms with van der Waals surface area (Å²) in [6.45, 7) is 6.86. The molecular formula is C13H28N2O2. The Morgan fingerprint density at radius 3 is 2.18 bits per heavy atom. The van der Waals surface area contributed by atoms with Gasteiger partial charge < -0.3 is 15.5 Å². The summed E-state index contributed by atoms with van der Waals surface area (Å²) in [4.78, 5) is 2.14. The summed E-state index contributed by atoms with van der Waals surface area (Å²) in [5, 5.41) is 22.3. The molecule has 1 rings (SSSR count). The number of nitrogens with one attached hydrogen (secondary N) is 1. The maximum Gasteiger partial charge on any atom is 0.0639 e. The maximum absolute atomic E-state index is 9.39. The Morgan fingerprint density at radius 2 is 1.76 bits per heavy atom. The summed E-state index contributed by atoms with van der Waals surface area (Å²) in [6.07, 6.45) is 4.45. The zero-order chi connectivity index (χ0) is 12.7. The van der Waals surface area contributed by atoms with Crippen molar-refractivity contribution in [2.24, 2.45) is 0 Å². The number of hydrogen-bond donors (Lipinski definition) is 3. The molecule has 0 heterocycles. The second-order valence-corrected chi connectivity index (χ2v) is 5.39. The summed E-state index contributed by atoms with van der Waals surface area (Å²) in [5.41, 5.74) is 0. The molecule has 2 atom stereocenters. The van der Waals surface area contributed by atoms with E-state index in [0.717, 1.165) is 25.6 Å². The fourth-order valence-electron chi connectivity index (χ4n) is 2.23. The van der Waals surface area contributed by atoms with Crippen LogP contribution in [-0.2, 0) is 0 Å². The highest BCUT2D eigenvalue weighted by molar-refractivity contribution is 4.76. The van der Waals surface area contributed by atoms with Crippen LogP contribution in [0.3, 0.4) is 0 Å². The molecule has 4 nitrogen and oxygen atoms in total. The Kier molecular flexibility index (Phi) is 7.04. The van der Waals surface area contributed by atoms with Gasteiger partial charge in [-0.25, -0.2) is 0 Å². The standard InChI is InChI=1S/C13H28N2O2/c1-11(16)9-15(10-12(2)17)8-4-7-14-13-5-3-6-13/h11-14,16-17H,3-10H2,1-2H3. The third-order valence-electron chi connectivity index (χ3n) is 3.23. The number of rotatable bonds is 9. The molecule has 1 aliphatic rings. The normalized spacial score (nSPS) is 20.3. The quantitative estimate of drug-likeness (QED) is 0.519. The molecule has 0 radical (unpaired) electrons. The predicted molar refractivity (Wildman–Crippen MR) is 70.1 cm³/mol. The van der Waals surface area contributed by atoms with Crippen molar-refractivity contribution < 1.29 is 10.2 Å². The molecule has 1 saturated carbocycles. The highest BCUT2D eigenvalue weighted by Crippen LogP contribution is 2.17. The van der Waals surface area contributed by atoms with E-state index in [-0.39, 0.29) is 12.2 Å². The van der Waals surface area contributed by atoms with Crippen molar-refractivity contribution in [1.29, 1.82) is 0 Å². The van der Waals surface area contributed by atoms with Crippen LogP contribution < -0.4 is 5.32 Å². The van der Waals surface area contributed by atoms with E-state index in [1.165, 1.54) is 19.3 Å². The summed E-state index contributed by atoms with van der Waals surface area (Å²) >= 11 is 0. The number of aliphatic hydroxyl groups excluding tert-OH is 2. The smallest absolute Gasteiger partial charge is 0.0639 e. The Bertz CT molecular complexity index is 184. The minimum atomic E-state index is -0.326. The van der Waals surface area contributed by atoms with E-state index < -0.39 is 0 Å². The SMILES string of the molecule is CC(O)CN(CCCNC1CCC1)CC(C)O. The Labute approximate surface area is 105 Å². The molecule has 0 saturated heterocycles.